The molecular formula is C10H9BrFN3O. The Balaban J connectivity index is 2.48. The van der Waals surface area contributed by atoms with Crippen LogP contribution < -0.4 is 5.73 Å². The van der Waals surface area contributed by atoms with Crippen LogP contribution in [0, 0.1) is 12.7 Å². The first kappa shape index (κ1) is 11.2. The number of aryl methyl sites for hydroxylation is 1. The number of rotatable bonds is 2. The van der Waals surface area contributed by atoms with Crippen molar-refractivity contribution in [1.82, 2.24) is 10.1 Å². The molecule has 2 aromatic rings. The highest BCUT2D eigenvalue weighted by molar-refractivity contribution is 9.10. The molecule has 16 heavy (non-hydrogen) atoms. The predicted octanol–water partition coefficient (Wildman–Crippen LogP) is 2.41. The Labute approximate surface area is 99.8 Å². The van der Waals surface area contributed by atoms with Gasteiger partial charge in [-0.25, -0.2) is 4.39 Å². The van der Waals surface area contributed by atoms with E-state index in [1.165, 1.54) is 0 Å². The standard InChI is InChI=1S/C10H9BrFN3O/c1-5-2-6(3-7(11)9(5)12)10-14-8(4-13)16-15-10/h2-3H,4,13H2,1H3. The van der Waals surface area contributed by atoms with Crippen LogP contribution in [0.3, 0.4) is 0 Å². The Hall–Kier alpha value is -1.27. The van der Waals surface area contributed by atoms with Crippen LogP contribution in [0.5, 0.6) is 0 Å². The van der Waals surface area contributed by atoms with Crippen LogP contribution in [0.1, 0.15) is 11.5 Å². The van der Waals surface area contributed by atoms with Gasteiger partial charge in [0.2, 0.25) is 11.7 Å². The van der Waals surface area contributed by atoms with Crippen molar-refractivity contribution in [2.75, 3.05) is 0 Å². The number of nitrogens with two attached hydrogens (primary N) is 1. The Kier molecular flexibility index (Phi) is 3.02. The molecule has 84 valence electrons. The lowest BCUT2D eigenvalue weighted by molar-refractivity contribution is 0.380. The SMILES string of the molecule is Cc1cc(-c2noc(CN)n2)cc(Br)c1F. The topological polar surface area (TPSA) is 64.9 Å². The van der Waals surface area contributed by atoms with Gasteiger partial charge in [-0.15, -0.1) is 0 Å². The monoisotopic (exact) mass is 285 g/mol. The number of benzene rings is 1. The minimum absolute atomic E-state index is 0.189. The van der Waals surface area contributed by atoms with Gasteiger partial charge in [-0.05, 0) is 40.5 Å². The van der Waals surface area contributed by atoms with Crippen molar-refractivity contribution in [1.29, 1.82) is 0 Å². The number of nitrogens with zero attached hydrogens (tertiary/aromatic N) is 2. The number of hydrogen-bond donors (Lipinski definition) is 1. The van der Waals surface area contributed by atoms with E-state index in [0.29, 0.717) is 27.3 Å². The van der Waals surface area contributed by atoms with Crippen molar-refractivity contribution >= 4 is 15.9 Å². The second kappa shape index (κ2) is 4.31. The third-order valence-electron chi connectivity index (χ3n) is 2.11. The first-order valence-corrected chi connectivity index (χ1v) is 5.39. The third kappa shape index (κ3) is 1.98. The molecule has 0 spiro atoms. The van der Waals surface area contributed by atoms with Crippen molar-refractivity contribution in [3.63, 3.8) is 0 Å². The lowest BCUT2D eigenvalue weighted by Gasteiger charge is -2.01. The van der Waals surface area contributed by atoms with Gasteiger partial charge in [-0.3, -0.25) is 0 Å². The zero-order chi connectivity index (χ0) is 11.7. The Bertz CT molecular complexity index is 504. The van der Waals surface area contributed by atoms with E-state index in [0.717, 1.165) is 0 Å². The predicted molar refractivity (Wildman–Crippen MR) is 60.0 cm³/mol. The number of halogens is 2. The smallest absolute Gasteiger partial charge is 0.240 e. The van der Waals surface area contributed by atoms with Crippen LogP contribution >= 0.6 is 15.9 Å². The van der Waals surface area contributed by atoms with Crippen LogP contribution in [-0.2, 0) is 6.54 Å². The van der Waals surface area contributed by atoms with E-state index in [4.69, 9.17) is 10.3 Å². The molecule has 6 heteroatoms. The number of hydrogen-bond acceptors (Lipinski definition) is 4. The molecule has 0 bridgehead atoms. The van der Waals surface area contributed by atoms with Gasteiger partial charge in [0.15, 0.2) is 0 Å². The van der Waals surface area contributed by atoms with Gasteiger partial charge in [0, 0.05) is 5.56 Å². The van der Waals surface area contributed by atoms with E-state index in [-0.39, 0.29) is 12.4 Å². The minimum atomic E-state index is -0.286. The molecule has 0 aliphatic rings. The third-order valence-corrected chi connectivity index (χ3v) is 2.69. The molecule has 0 aliphatic heterocycles. The Morgan fingerprint density at radius 1 is 1.50 bits per heavy atom. The summed E-state index contributed by atoms with van der Waals surface area (Å²) in [6.07, 6.45) is 0. The maximum Gasteiger partial charge on any atom is 0.240 e. The molecule has 0 atom stereocenters. The Morgan fingerprint density at radius 3 is 2.81 bits per heavy atom. The van der Waals surface area contributed by atoms with Crippen LogP contribution in [0.15, 0.2) is 21.1 Å². The van der Waals surface area contributed by atoms with E-state index in [1.807, 2.05) is 0 Å². The van der Waals surface area contributed by atoms with E-state index in [1.54, 1.807) is 19.1 Å². The minimum Gasteiger partial charge on any atom is -0.338 e. The molecule has 2 N–H and O–H groups in total. The fourth-order valence-electron chi connectivity index (χ4n) is 1.31. The largest absolute Gasteiger partial charge is 0.338 e. The number of aromatic nitrogens is 2. The summed E-state index contributed by atoms with van der Waals surface area (Å²) in [4.78, 5) is 4.06. The summed E-state index contributed by atoms with van der Waals surface area (Å²) in [7, 11) is 0. The fraction of sp³-hybridized carbons (Fsp3) is 0.200. The van der Waals surface area contributed by atoms with Gasteiger partial charge in [-0.1, -0.05) is 5.16 Å². The van der Waals surface area contributed by atoms with Gasteiger partial charge in [0.05, 0.1) is 11.0 Å². The van der Waals surface area contributed by atoms with Crippen LogP contribution in [0.2, 0.25) is 0 Å². The van der Waals surface area contributed by atoms with Gasteiger partial charge < -0.3 is 10.3 Å². The first-order valence-electron chi connectivity index (χ1n) is 4.60. The molecular weight excluding hydrogens is 277 g/mol. The van der Waals surface area contributed by atoms with Gasteiger partial charge >= 0.3 is 0 Å². The summed E-state index contributed by atoms with van der Waals surface area (Å²) in [5, 5.41) is 3.76. The molecule has 1 heterocycles. The molecule has 0 fully saturated rings. The summed E-state index contributed by atoms with van der Waals surface area (Å²) in [6.45, 7) is 1.86. The zero-order valence-electron chi connectivity index (χ0n) is 8.50. The highest BCUT2D eigenvalue weighted by Crippen LogP contribution is 2.26. The second-order valence-corrected chi connectivity index (χ2v) is 4.16. The lowest BCUT2D eigenvalue weighted by atomic mass is 10.1. The molecule has 0 unspecified atom stereocenters. The quantitative estimate of drug-likeness (QED) is 0.920. The van der Waals surface area contributed by atoms with Crippen LogP contribution in [0.4, 0.5) is 4.39 Å². The lowest BCUT2D eigenvalue weighted by Crippen LogP contribution is -1.95. The molecule has 0 saturated heterocycles. The molecule has 1 aromatic heterocycles. The van der Waals surface area contributed by atoms with Crippen molar-refractivity contribution in [3.8, 4) is 11.4 Å². The van der Waals surface area contributed by atoms with E-state index >= 15 is 0 Å². The average molecular weight is 286 g/mol. The van der Waals surface area contributed by atoms with Crippen LogP contribution in [-0.4, -0.2) is 10.1 Å². The highest BCUT2D eigenvalue weighted by atomic mass is 79.9. The summed E-state index contributed by atoms with van der Waals surface area (Å²) in [5.41, 5.74) is 6.57. The molecule has 1 aromatic carbocycles. The van der Waals surface area contributed by atoms with E-state index in [9.17, 15) is 4.39 Å². The first-order chi connectivity index (χ1) is 7.61. The van der Waals surface area contributed by atoms with Crippen LogP contribution in [0.25, 0.3) is 11.4 Å². The van der Waals surface area contributed by atoms with Gasteiger partial charge in [-0.2, -0.15) is 4.98 Å². The Morgan fingerprint density at radius 2 is 2.25 bits per heavy atom. The fourth-order valence-corrected chi connectivity index (χ4v) is 1.87. The molecule has 0 amide bonds. The van der Waals surface area contributed by atoms with Gasteiger partial charge in [0.1, 0.15) is 5.82 Å². The summed E-state index contributed by atoms with van der Waals surface area (Å²) >= 11 is 3.13. The molecule has 2 rings (SSSR count). The van der Waals surface area contributed by atoms with Crippen molar-refractivity contribution in [2.45, 2.75) is 13.5 Å². The maximum atomic E-state index is 13.4. The molecule has 0 radical (unpaired) electrons. The van der Waals surface area contributed by atoms with E-state index < -0.39 is 0 Å². The molecule has 4 nitrogen and oxygen atoms in total. The zero-order valence-corrected chi connectivity index (χ0v) is 10.1. The normalized spacial score (nSPS) is 10.8. The maximum absolute atomic E-state index is 13.4. The summed E-state index contributed by atoms with van der Waals surface area (Å²) in [5.74, 6) is 0.476. The van der Waals surface area contributed by atoms with Crippen molar-refractivity contribution in [2.24, 2.45) is 5.73 Å². The summed E-state index contributed by atoms with van der Waals surface area (Å²) in [6, 6.07) is 3.26. The van der Waals surface area contributed by atoms with Gasteiger partial charge in [0.25, 0.3) is 0 Å². The van der Waals surface area contributed by atoms with Crippen molar-refractivity contribution < 1.29 is 8.91 Å². The van der Waals surface area contributed by atoms with Crippen molar-refractivity contribution in [3.05, 3.63) is 33.9 Å². The average Bonchev–Trinajstić information content (AvgIpc) is 2.73. The highest BCUT2D eigenvalue weighted by Gasteiger charge is 2.11. The summed E-state index contributed by atoms with van der Waals surface area (Å²) < 4.78 is 18.6. The molecule has 0 aliphatic carbocycles. The van der Waals surface area contributed by atoms with E-state index in [2.05, 4.69) is 26.1 Å². The molecule has 0 saturated carbocycles. The second-order valence-electron chi connectivity index (χ2n) is 3.30.